The van der Waals surface area contributed by atoms with Gasteiger partial charge in [-0.2, -0.15) is 0 Å². The second-order valence-electron chi connectivity index (χ2n) is 6.85. The van der Waals surface area contributed by atoms with Crippen LogP contribution in [-0.2, 0) is 30.9 Å². The monoisotopic (exact) mass is 365 g/mol. The predicted molar refractivity (Wildman–Crippen MR) is 111 cm³/mol. The van der Waals surface area contributed by atoms with Gasteiger partial charge in [-0.05, 0) is 55.8 Å². The molecule has 1 heterocycles. The molecule has 3 heteroatoms. The van der Waals surface area contributed by atoms with E-state index in [-0.39, 0.29) is 0 Å². The van der Waals surface area contributed by atoms with E-state index >= 15 is 0 Å². The van der Waals surface area contributed by atoms with Crippen LogP contribution in [0.3, 0.4) is 0 Å². The van der Waals surface area contributed by atoms with Crippen molar-refractivity contribution in [3.8, 4) is 0 Å². The molecule has 0 N–H and O–H groups in total. The van der Waals surface area contributed by atoms with Crippen molar-refractivity contribution in [3.05, 3.63) is 94.9 Å². The van der Waals surface area contributed by atoms with E-state index in [9.17, 15) is 0 Å². The molecule has 1 aromatic heterocycles. The van der Waals surface area contributed by atoms with E-state index in [0.29, 0.717) is 0 Å². The van der Waals surface area contributed by atoms with Crippen LogP contribution in [0.2, 0.25) is 0 Å². The van der Waals surface area contributed by atoms with Crippen LogP contribution in [0.1, 0.15) is 28.2 Å². The summed E-state index contributed by atoms with van der Waals surface area (Å²) in [6, 6.07) is 23.7. The van der Waals surface area contributed by atoms with Gasteiger partial charge in [0.1, 0.15) is 11.5 Å². The summed E-state index contributed by atoms with van der Waals surface area (Å²) >= 11 is 1.92. The quantitative estimate of drug-likeness (QED) is 0.494. The zero-order valence-corrected chi connectivity index (χ0v) is 16.5. The molecule has 2 nitrogen and oxygen atoms in total. The topological polar surface area (TPSA) is 16.4 Å². The molecule has 0 spiro atoms. The normalized spacial score (nSPS) is 11.2. The standard InChI is InChI=1S/C23H27NOS/c1-24(2)16-22-14-15-23(25-22)18-26-17-21-11-7-6-10-20(21)13-12-19-8-4-3-5-9-19/h3-11,14-15H,12-13,16-18H2,1-2H3. The lowest BCUT2D eigenvalue weighted by atomic mass is 10.0. The van der Waals surface area contributed by atoms with Crippen molar-refractivity contribution < 1.29 is 4.42 Å². The van der Waals surface area contributed by atoms with Crippen LogP contribution < -0.4 is 0 Å². The van der Waals surface area contributed by atoms with E-state index in [4.69, 9.17) is 4.42 Å². The molecule has 26 heavy (non-hydrogen) atoms. The smallest absolute Gasteiger partial charge is 0.118 e. The minimum atomic E-state index is 0.854. The number of rotatable bonds is 9. The van der Waals surface area contributed by atoms with E-state index in [1.807, 2.05) is 11.8 Å². The zero-order chi connectivity index (χ0) is 18.2. The van der Waals surface area contributed by atoms with Gasteiger partial charge in [-0.3, -0.25) is 0 Å². The molecule has 0 atom stereocenters. The maximum atomic E-state index is 5.91. The number of nitrogens with zero attached hydrogens (tertiary/aromatic N) is 1. The molecule has 0 unspecified atom stereocenters. The molecule has 0 bridgehead atoms. The molecule has 0 aliphatic carbocycles. The second kappa shape index (κ2) is 9.65. The van der Waals surface area contributed by atoms with Gasteiger partial charge in [0, 0.05) is 5.75 Å². The third-order valence-electron chi connectivity index (χ3n) is 4.34. The molecule has 3 rings (SSSR count). The van der Waals surface area contributed by atoms with Crippen molar-refractivity contribution >= 4 is 11.8 Å². The lowest BCUT2D eigenvalue weighted by Crippen LogP contribution is -2.09. The van der Waals surface area contributed by atoms with Crippen LogP contribution in [0.4, 0.5) is 0 Å². The first-order chi connectivity index (χ1) is 12.7. The fraction of sp³-hybridized carbons (Fsp3) is 0.304. The van der Waals surface area contributed by atoms with Gasteiger partial charge in [-0.15, -0.1) is 11.8 Å². The Bertz CT molecular complexity index is 795. The van der Waals surface area contributed by atoms with Gasteiger partial charge in [0.25, 0.3) is 0 Å². The summed E-state index contributed by atoms with van der Waals surface area (Å²) in [6.07, 6.45) is 2.18. The first kappa shape index (κ1) is 18.8. The summed E-state index contributed by atoms with van der Waals surface area (Å²) in [6.45, 7) is 0.854. The number of aryl methyl sites for hydroxylation is 2. The van der Waals surface area contributed by atoms with Crippen molar-refractivity contribution in [2.75, 3.05) is 14.1 Å². The van der Waals surface area contributed by atoms with Gasteiger partial charge >= 0.3 is 0 Å². The van der Waals surface area contributed by atoms with Crippen LogP contribution in [0.15, 0.2) is 71.1 Å². The Labute approximate surface area is 161 Å². The van der Waals surface area contributed by atoms with Gasteiger partial charge in [0.15, 0.2) is 0 Å². The highest BCUT2D eigenvalue weighted by Gasteiger charge is 2.06. The lowest BCUT2D eigenvalue weighted by Gasteiger charge is -2.09. The van der Waals surface area contributed by atoms with Gasteiger partial charge in [0.2, 0.25) is 0 Å². The van der Waals surface area contributed by atoms with Gasteiger partial charge in [0.05, 0.1) is 12.3 Å². The van der Waals surface area contributed by atoms with E-state index in [2.05, 4.69) is 85.7 Å². The largest absolute Gasteiger partial charge is 0.464 e. The van der Waals surface area contributed by atoms with Crippen LogP contribution in [0.25, 0.3) is 0 Å². The fourth-order valence-corrected chi connectivity index (χ4v) is 3.98. The van der Waals surface area contributed by atoms with Crippen molar-refractivity contribution in [2.45, 2.75) is 30.9 Å². The van der Waals surface area contributed by atoms with Gasteiger partial charge < -0.3 is 9.32 Å². The number of hydrogen-bond acceptors (Lipinski definition) is 3. The van der Waals surface area contributed by atoms with E-state index < -0.39 is 0 Å². The van der Waals surface area contributed by atoms with E-state index in [1.54, 1.807) is 0 Å². The summed E-state index contributed by atoms with van der Waals surface area (Å²) in [4.78, 5) is 2.12. The maximum Gasteiger partial charge on any atom is 0.118 e. The average Bonchev–Trinajstić information content (AvgIpc) is 3.08. The Kier molecular flexibility index (Phi) is 6.98. The molecule has 136 valence electrons. The summed E-state index contributed by atoms with van der Waals surface area (Å²) in [5.74, 6) is 4.04. The highest BCUT2D eigenvalue weighted by molar-refractivity contribution is 7.97. The van der Waals surface area contributed by atoms with Crippen LogP contribution in [0, 0.1) is 0 Å². The average molecular weight is 366 g/mol. The van der Waals surface area contributed by atoms with Crippen LogP contribution in [-0.4, -0.2) is 19.0 Å². The Balaban J connectivity index is 1.52. The SMILES string of the molecule is CN(C)Cc1ccc(CSCc2ccccc2CCc2ccccc2)o1. The molecule has 0 amide bonds. The Hall–Kier alpha value is -1.97. The molecule has 0 fully saturated rings. The van der Waals surface area contributed by atoms with Crippen molar-refractivity contribution in [3.63, 3.8) is 0 Å². The number of thioether (sulfide) groups is 1. The van der Waals surface area contributed by atoms with Crippen molar-refractivity contribution in [1.29, 1.82) is 0 Å². The lowest BCUT2D eigenvalue weighted by molar-refractivity contribution is 0.344. The molecule has 2 aromatic carbocycles. The van der Waals surface area contributed by atoms with Gasteiger partial charge in [-0.1, -0.05) is 54.6 Å². The Morgan fingerprint density at radius 2 is 1.42 bits per heavy atom. The molecule has 0 aliphatic heterocycles. The predicted octanol–water partition coefficient (Wildman–Crippen LogP) is 5.56. The molecule has 0 saturated heterocycles. The summed E-state index contributed by atoms with van der Waals surface area (Å²) in [7, 11) is 4.12. The summed E-state index contributed by atoms with van der Waals surface area (Å²) in [5.41, 5.74) is 4.30. The van der Waals surface area contributed by atoms with Crippen molar-refractivity contribution in [2.24, 2.45) is 0 Å². The first-order valence-electron chi connectivity index (χ1n) is 9.11. The molecule has 0 radical (unpaired) electrons. The zero-order valence-electron chi connectivity index (χ0n) is 15.7. The highest BCUT2D eigenvalue weighted by atomic mass is 32.2. The van der Waals surface area contributed by atoms with Crippen LogP contribution >= 0.6 is 11.8 Å². The number of furan rings is 1. The van der Waals surface area contributed by atoms with E-state index in [0.717, 1.165) is 42.4 Å². The third kappa shape index (κ3) is 5.79. The summed E-state index contributed by atoms with van der Waals surface area (Å²) < 4.78 is 5.91. The molecular formula is C23H27NOS. The maximum absolute atomic E-state index is 5.91. The van der Waals surface area contributed by atoms with Crippen molar-refractivity contribution in [1.82, 2.24) is 4.90 Å². The summed E-state index contributed by atoms with van der Waals surface area (Å²) in [5, 5.41) is 0. The fourth-order valence-electron chi connectivity index (χ4n) is 3.02. The molecular weight excluding hydrogens is 338 g/mol. The van der Waals surface area contributed by atoms with E-state index in [1.165, 1.54) is 16.7 Å². The Morgan fingerprint density at radius 3 is 2.19 bits per heavy atom. The molecule has 0 aliphatic rings. The highest BCUT2D eigenvalue weighted by Crippen LogP contribution is 2.23. The minimum absolute atomic E-state index is 0.854. The minimum Gasteiger partial charge on any atom is -0.464 e. The molecule has 3 aromatic rings. The van der Waals surface area contributed by atoms with Crippen LogP contribution in [0.5, 0.6) is 0 Å². The second-order valence-corrected chi connectivity index (χ2v) is 7.84. The number of hydrogen-bond donors (Lipinski definition) is 0. The third-order valence-corrected chi connectivity index (χ3v) is 5.34. The first-order valence-corrected chi connectivity index (χ1v) is 10.3. The Morgan fingerprint density at radius 1 is 0.731 bits per heavy atom. The molecule has 0 saturated carbocycles. The van der Waals surface area contributed by atoms with Gasteiger partial charge in [-0.25, -0.2) is 0 Å². The number of benzene rings is 2.